The lowest BCUT2D eigenvalue weighted by Gasteiger charge is -2.40. The smallest absolute Gasteiger partial charge is 0.248 e. The van der Waals surface area contributed by atoms with Crippen LogP contribution in [0, 0.1) is 5.92 Å². The zero-order valence-corrected chi connectivity index (χ0v) is 17.6. The maximum atomic E-state index is 13.2. The van der Waals surface area contributed by atoms with Crippen molar-refractivity contribution in [3.8, 4) is 0 Å². The summed E-state index contributed by atoms with van der Waals surface area (Å²) in [5.41, 5.74) is 6.48. The van der Waals surface area contributed by atoms with Crippen LogP contribution in [0.3, 0.4) is 0 Å². The van der Waals surface area contributed by atoms with E-state index in [-0.39, 0.29) is 30.3 Å². The zero-order chi connectivity index (χ0) is 19.2. The largest absolute Gasteiger partial charge is 0.341 e. The van der Waals surface area contributed by atoms with Gasteiger partial charge in [0.2, 0.25) is 11.8 Å². The highest BCUT2D eigenvalue weighted by atomic mass is 35.5. The molecule has 0 radical (unpaired) electrons. The standard InChI is InChI=1S/C21H33N3O2.ClH/c1-4-24(5-2)20(26)21(14-10-7-11-15-21)23-19(25)16(3)18(22)17-12-8-6-9-13-17;/h6,8-9,12-13,16,18H,4-5,7,10-11,14-15,22H2,1-3H3,(H,23,25);1H. The maximum absolute atomic E-state index is 13.2. The minimum absolute atomic E-state index is 0. The molecule has 1 aromatic rings. The fraction of sp³-hybridized carbons (Fsp3) is 0.619. The molecule has 2 rings (SSSR count). The molecule has 0 spiro atoms. The third-order valence-electron chi connectivity index (χ3n) is 5.67. The van der Waals surface area contributed by atoms with Gasteiger partial charge >= 0.3 is 0 Å². The molecule has 1 aliphatic carbocycles. The SMILES string of the molecule is CCN(CC)C(=O)C1(NC(=O)C(C)C(N)c2ccccc2)CCCCC1.Cl. The average Bonchev–Trinajstić information content (AvgIpc) is 2.69. The molecule has 27 heavy (non-hydrogen) atoms. The van der Waals surface area contributed by atoms with Gasteiger partial charge in [0.25, 0.3) is 0 Å². The van der Waals surface area contributed by atoms with Crippen LogP contribution in [0.15, 0.2) is 30.3 Å². The number of hydrogen-bond acceptors (Lipinski definition) is 3. The van der Waals surface area contributed by atoms with Crippen molar-refractivity contribution in [1.29, 1.82) is 0 Å². The van der Waals surface area contributed by atoms with Gasteiger partial charge in [0.05, 0.1) is 5.92 Å². The summed E-state index contributed by atoms with van der Waals surface area (Å²) in [5.74, 6) is -0.486. The molecule has 0 heterocycles. The van der Waals surface area contributed by atoms with Gasteiger partial charge in [-0.25, -0.2) is 0 Å². The van der Waals surface area contributed by atoms with Crippen molar-refractivity contribution >= 4 is 24.2 Å². The number of nitrogens with two attached hydrogens (primary N) is 1. The maximum Gasteiger partial charge on any atom is 0.248 e. The molecule has 0 saturated heterocycles. The Labute approximate surface area is 169 Å². The van der Waals surface area contributed by atoms with E-state index in [1.807, 2.05) is 56.0 Å². The van der Waals surface area contributed by atoms with Crippen molar-refractivity contribution in [1.82, 2.24) is 10.2 Å². The predicted molar refractivity (Wildman–Crippen MR) is 112 cm³/mol. The molecule has 1 fully saturated rings. The normalized spacial score (nSPS) is 17.9. The first-order valence-electron chi connectivity index (χ1n) is 9.87. The number of halogens is 1. The number of likely N-dealkylation sites (N-methyl/N-ethyl adjacent to an activating group) is 1. The summed E-state index contributed by atoms with van der Waals surface area (Å²) in [5, 5.41) is 3.12. The molecular formula is C21H34ClN3O2. The molecule has 0 aliphatic heterocycles. The van der Waals surface area contributed by atoms with Gasteiger partial charge in [0.1, 0.15) is 5.54 Å². The summed E-state index contributed by atoms with van der Waals surface area (Å²) in [4.78, 5) is 28.0. The molecular weight excluding hydrogens is 362 g/mol. The van der Waals surface area contributed by atoms with Gasteiger partial charge in [0, 0.05) is 19.1 Å². The van der Waals surface area contributed by atoms with E-state index in [2.05, 4.69) is 5.32 Å². The Morgan fingerprint density at radius 2 is 1.67 bits per heavy atom. The highest BCUT2D eigenvalue weighted by Crippen LogP contribution is 2.31. The van der Waals surface area contributed by atoms with Crippen LogP contribution < -0.4 is 11.1 Å². The molecule has 152 valence electrons. The topological polar surface area (TPSA) is 75.4 Å². The predicted octanol–water partition coefficient (Wildman–Crippen LogP) is 3.43. The molecule has 2 unspecified atom stereocenters. The Morgan fingerprint density at radius 3 is 2.19 bits per heavy atom. The summed E-state index contributed by atoms with van der Waals surface area (Å²) < 4.78 is 0. The van der Waals surface area contributed by atoms with Gasteiger partial charge in [-0.05, 0) is 32.3 Å². The van der Waals surface area contributed by atoms with Crippen LogP contribution in [0.25, 0.3) is 0 Å². The van der Waals surface area contributed by atoms with Gasteiger partial charge in [-0.2, -0.15) is 0 Å². The second-order valence-corrected chi connectivity index (χ2v) is 7.33. The zero-order valence-electron chi connectivity index (χ0n) is 16.7. The number of nitrogens with zero attached hydrogens (tertiary/aromatic N) is 1. The monoisotopic (exact) mass is 395 g/mol. The average molecular weight is 396 g/mol. The first kappa shape index (κ1) is 23.4. The van der Waals surface area contributed by atoms with Gasteiger partial charge in [0.15, 0.2) is 0 Å². The van der Waals surface area contributed by atoms with E-state index in [1.54, 1.807) is 0 Å². The molecule has 1 saturated carbocycles. The van der Waals surface area contributed by atoms with Crippen LogP contribution in [-0.2, 0) is 9.59 Å². The molecule has 5 nitrogen and oxygen atoms in total. The van der Waals surface area contributed by atoms with E-state index >= 15 is 0 Å². The van der Waals surface area contributed by atoms with Crippen molar-refractivity contribution in [2.24, 2.45) is 11.7 Å². The summed E-state index contributed by atoms with van der Waals surface area (Å²) in [6, 6.07) is 9.26. The molecule has 0 aromatic heterocycles. The third kappa shape index (κ3) is 5.45. The van der Waals surface area contributed by atoms with Crippen molar-refractivity contribution < 1.29 is 9.59 Å². The second kappa shape index (κ2) is 10.7. The molecule has 1 aliphatic rings. The fourth-order valence-corrected chi connectivity index (χ4v) is 3.84. The Balaban J connectivity index is 0.00000364. The van der Waals surface area contributed by atoms with Crippen molar-refractivity contribution in [3.63, 3.8) is 0 Å². The highest BCUT2D eigenvalue weighted by Gasteiger charge is 2.43. The first-order valence-corrected chi connectivity index (χ1v) is 9.87. The number of carbonyl (C=O) groups excluding carboxylic acids is 2. The molecule has 1 aromatic carbocycles. The lowest BCUT2D eigenvalue weighted by atomic mass is 9.79. The van der Waals surface area contributed by atoms with E-state index in [1.165, 1.54) is 0 Å². The Hall–Kier alpha value is -1.59. The lowest BCUT2D eigenvalue weighted by Crippen LogP contribution is -2.61. The number of amides is 2. The Bertz CT molecular complexity index is 599. The van der Waals surface area contributed by atoms with E-state index < -0.39 is 11.5 Å². The number of rotatable bonds is 7. The van der Waals surface area contributed by atoms with Crippen LogP contribution in [-0.4, -0.2) is 35.3 Å². The van der Waals surface area contributed by atoms with Crippen LogP contribution in [0.4, 0.5) is 0 Å². The number of hydrogen-bond donors (Lipinski definition) is 2. The van der Waals surface area contributed by atoms with E-state index in [0.717, 1.165) is 24.8 Å². The van der Waals surface area contributed by atoms with E-state index in [4.69, 9.17) is 5.73 Å². The molecule has 0 bridgehead atoms. The molecule has 6 heteroatoms. The van der Waals surface area contributed by atoms with Crippen LogP contribution in [0.5, 0.6) is 0 Å². The third-order valence-corrected chi connectivity index (χ3v) is 5.67. The summed E-state index contributed by atoms with van der Waals surface area (Å²) in [6.45, 7) is 7.12. The first-order chi connectivity index (χ1) is 12.4. The minimum Gasteiger partial charge on any atom is -0.341 e. The number of nitrogens with one attached hydrogen (secondary N) is 1. The van der Waals surface area contributed by atoms with Crippen LogP contribution in [0.1, 0.15) is 64.5 Å². The van der Waals surface area contributed by atoms with E-state index in [9.17, 15) is 9.59 Å². The second-order valence-electron chi connectivity index (χ2n) is 7.33. The van der Waals surface area contributed by atoms with Crippen molar-refractivity contribution in [2.45, 2.75) is 64.5 Å². The minimum atomic E-state index is -0.772. The van der Waals surface area contributed by atoms with Gasteiger partial charge in [-0.15, -0.1) is 12.4 Å². The molecule has 3 N–H and O–H groups in total. The number of carbonyl (C=O) groups is 2. The van der Waals surface area contributed by atoms with Gasteiger partial charge in [-0.3, -0.25) is 9.59 Å². The number of benzene rings is 1. The van der Waals surface area contributed by atoms with E-state index in [0.29, 0.717) is 25.9 Å². The Kier molecular flexibility index (Phi) is 9.27. The van der Waals surface area contributed by atoms with Crippen molar-refractivity contribution in [2.75, 3.05) is 13.1 Å². The summed E-state index contributed by atoms with van der Waals surface area (Å²) >= 11 is 0. The summed E-state index contributed by atoms with van der Waals surface area (Å²) in [7, 11) is 0. The molecule has 2 atom stereocenters. The van der Waals surface area contributed by atoms with Gasteiger partial charge in [-0.1, -0.05) is 56.5 Å². The van der Waals surface area contributed by atoms with Crippen LogP contribution in [0.2, 0.25) is 0 Å². The lowest BCUT2D eigenvalue weighted by molar-refractivity contribution is -0.144. The van der Waals surface area contributed by atoms with Crippen molar-refractivity contribution in [3.05, 3.63) is 35.9 Å². The summed E-state index contributed by atoms with van der Waals surface area (Å²) in [6.07, 6.45) is 4.46. The molecule has 2 amide bonds. The quantitative estimate of drug-likeness (QED) is 0.742. The van der Waals surface area contributed by atoms with Gasteiger partial charge < -0.3 is 16.0 Å². The van der Waals surface area contributed by atoms with Crippen LogP contribution >= 0.6 is 12.4 Å². The Morgan fingerprint density at radius 1 is 1.11 bits per heavy atom. The fourth-order valence-electron chi connectivity index (χ4n) is 3.84. The highest BCUT2D eigenvalue weighted by molar-refractivity contribution is 5.92.